The first kappa shape index (κ1) is 17.9. The molecule has 0 aliphatic carbocycles. The lowest BCUT2D eigenvalue weighted by Gasteiger charge is -2.08. The summed E-state index contributed by atoms with van der Waals surface area (Å²) in [5.41, 5.74) is -0.0884. The molecule has 0 aromatic heterocycles. The zero-order valence-electron chi connectivity index (χ0n) is 11.7. The minimum Gasteiger partial charge on any atom is -0.460 e. The standard InChI is InChI=1S/C13H16ClFO5S/c1-3-4-19-5-6-20-13(16)10-7-9(2)12(15)11(8-10)21(14,17)18/h7-8H,3-6H2,1-2H3. The normalized spacial score (nSPS) is 11.4. The van der Waals surface area contributed by atoms with E-state index in [2.05, 4.69) is 0 Å². The van der Waals surface area contributed by atoms with Crippen molar-refractivity contribution in [1.29, 1.82) is 0 Å². The third-order valence-electron chi connectivity index (χ3n) is 2.53. The van der Waals surface area contributed by atoms with Gasteiger partial charge < -0.3 is 9.47 Å². The highest BCUT2D eigenvalue weighted by Gasteiger charge is 2.21. The summed E-state index contributed by atoms with van der Waals surface area (Å²) >= 11 is 0. The summed E-state index contributed by atoms with van der Waals surface area (Å²) < 4.78 is 46.3. The molecule has 1 rings (SSSR count). The van der Waals surface area contributed by atoms with E-state index in [-0.39, 0.29) is 24.3 Å². The Bertz CT molecular complexity index is 615. The van der Waals surface area contributed by atoms with Crippen molar-refractivity contribution in [2.75, 3.05) is 19.8 Å². The van der Waals surface area contributed by atoms with Crippen LogP contribution < -0.4 is 0 Å². The fourth-order valence-corrected chi connectivity index (χ4v) is 2.54. The second kappa shape index (κ2) is 7.72. The number of hydrogen-bond donors (Lipinski definition) is 0. The molecule has 0 amide bonds. The SMILES string of the molecule is CCCOCCOC(=O)c1cc(C)c(F)c(S(=O)(=O)Cl)c1. The van der Waals surface area contributed by atoms with Gasteiger partial charge in [0.2, 0.25) is 0 Å². The van der Waals surface area contributed by atoms with Gasteiger partial charge in [0.15, 0.2) is 0 Å². The van der Waals surface area contributed by atoms with Crippen molar-refractivity contribution in [3.05, 3.63) is 29.1 Å². The second-order valence-corrected chi connectivity index (χ2v) is 6.83. The topological polar surface area (TPSA) is 69.7 Å². The van der Waals surface area contributed by atoms with Crippen LogP contribution in [0.2, 0.25) is 0 Å². The van der Waals surface area contributed by atoms with E-state index in [1.54, 1.807) is 0 Å². The predicted molar refractivity (Wildman–Crippen MR) is 75.6 cm³/mol. The first-order chi connectivity index (χ1) is 9.77. The predicted octanol–water partition coefficient (Wildman–Crippen LogP) is 2.65. The smallest absolute Gasteiger partial charge is 0.338 e. The van der Waals surface area contributed by atoms with Crippen molar-refractivity contribution in [3.8, 4) is 0 Å². The van der Waals surface area contributed by atoms with E-state index < -0.39 is 25.7 Å². The number of aryl methyl sites for hydroxylation is 1. The molecule has 0 radical (unpaired) electrons. The van der Waals surface area contributed by atoms with E-state index in [1.165, 1.54) is 13.0 Å². The molecule has 0 saturated carbocycles. The van der Waals surface area contributed by atoms with Gasteiger partial charge in [0.25, 0.3) is 9.05 Å². The molecule has 21 heavy (non-hydrogen) atoms. The fraction of sp³-hybridized carbons (Fsp3) is 0.462. The maximum Gasteiger partial charge on any atom is 0.338 e. The summed E-state index contributed by atoms with van der Waals surface area (Å²) in [6.07, 6.45) is 0.849. The molecule has 0 aliphatic rings. The minimum atomic E-state index is -4.28. The number of benzene rings is 1. The van der Waals surface area contributed by atoms with Crippen LogP contribution in [-0.4, -0.2) is 34.2 Å². The third kappa shape index (κ3) is 5.26. The summed E-state index contributed by atoms with van der Waals surface area (Å²) in [5, 5.41) is 0. The Morgan fingerprint density at radius 2 is 1.95 bits per heavy atom. The van der Waals surface area contributed by atoms with Gasteiger partial charge in [0.1, 0.15) is 17.3 Å². The lowest BCUT2D eigenvalue weighted by atomic mass is 10.1. The van der Waals surface area contributed by atoms with E-state index in [1.807, 2.05) is 6.92 Å². The molecule has 0 fully saturated rings. The molecule has 118 valence electrons. The van der Waals surface area contributed by atoms with Gasteiger partial charge in [-0.15, -0.1) is 0 Å². The highest BCUT2D eigenvalue weighted by Crippen LogP contribution is 2.23. The summed E-state index contributed by atoms with van der Waals surface area (Å²) in [7, 11) is 0.854. The fourth-order valence-electron chi connectivity index (χ4n) is 1.56. The second-order valence-electron chi connectivity index (χ2n) is 4.29. The van der Waals surface area contributed by atoms with Gasteiger partial charge in [0, 0.05) is 17.3 Å². The zero-order chi connectivity index (χ0) is 16.0. The van der Waals surface area contributed by atoms with Crippen LogP contribution in [0.15, 0.2) is 17.0 Å². The number of carbonyl (C=O) groups is 1. The maximum absolute atomic E-state index is 13.7. The molecule has 0 spiro atoms. The molecule has 1 aromatic rings. The lowest BCUT2D eigenvalue weighted by Crippen LogP contribution is -2.12. The molecular weight excluding hydrogens is 323 g/mol. The number of carbonyl (C=O) groups excluding carboxylic acids is 1. The van der Waals surface area contributed by atoms with E-state index in [4.69, 9.17) is 20.2 Å². The van der Waals surface area contributed by atoms with Gasteiger partial charge >= 0.3 is 5.97 Å². The number of ether oxygens (including phenoxy) is 2. The third-order valence-corrected chi connectivity index (χ3v) is 3.85. The summed E-state index contributed by atoms with van der Waals surface area (Å²) in [4.78, 5) is 11.0. The molecule has 8 heteroatoms. The van der Waals surface area contributed by atoms with Gasteiger partial charge in [-0.1, -0.05) is 6.92 Å². The van der Waals surface area contributed by atoms with Crippen LogP contribution in [0.5, 0.6) is 0 Å². The number of esters is 1. The van der Waals surface area contributed by atoms with E-state index in [0.29, 0.717) is 6.61 Å². The summed E-state index contributed by atoms with van der Waals surface area (Å²) in [6, 6.07) is 2.07. The molecular formula is C13H16ClFO5S. The van der Waals surface area contributed by atoms with Gasteiger partial charge in [-0.25, -0.2) is 17.6 Å². The molecule has 0 N–H and O–H groups in total. The Labute approximate surface area is 127 Å². The first-order valence-electron chi connectivity index (χ1n) is 6.27. The molecule has 0 saturated heterocycles. The quantitative estimate of drug-likeness (QED) is 0.434. The van der Waals surface area contributed by atoms with Crippen LogP contribution in [0.3, 0.4) is 0 Å². The van der Waals surface area contributed by atoms with Crippen molar-refractivity contribution >= 4 is 25.7 Å². The van der Waals surface area contributed by atoms with Gasteiger partial charge in [0.05, 0.1) is 12.2 Å². The molecule has 1 aromatic carbocycles. The number of halogens is 2. The van der Waals surface area contributed by atoms with Crippen molar-refractivity contribution in [3.63, 3.8) is 0 Å². The van der Waals surface area contributed by atoms with Gasteiger partial charge in [-0.05, 0) is 31.0 Å². The molecule has 0 aliphatic heterocycles. The molecule has 5 nitrogen and oxygen atoms in total. The van der Waals surface area contributed by atoms with Gasteiger partial charge in [-0.3, -0.25) is 0 Å². The van der Waals surface area contributed by atoms with Crippen molar-refractivity contribution in [2.45, 2.75) is 25.2 Å². The summed E-state index contributed by atoms with van der Waals surface area (Å²) in [6.45, 7) is 4.10. The van der Waals surface area contributed by atoms with Crippen molar-refractivity contribution < 1.29 is 27.1 Å². The van der Waals surface area contributed by atoms with E-state index in [0.717, 1.165) is 12.5 Å². The Hall–Kier alpha value is -1.18. The van der Waals surface area contributed by atoms with Gasteiger partial charge in [-0.2, -0.15) is 0 Å². The minimum absolute atomic E-state index is 0.00842. The maximum atomic E-state index is 13.7. The molecule has 0 bridgehead atoms. The van der Waals surface area contributed by atoms with Crippen LogP contribution in [0.25, 0.3) is 0 Å². The van der Waals surface area contributed by atoms with Crippen molar-refractivity contribution in [1.82, 2.24) is 0 Å². The average Bonchev–Trinajstić information content (AvgIpc) is 2.39. The Morgan fingerprint density at radius 3 is 2.52 bits per heavy atom. The average molecular weight is 339 g/mol. The van der Waals surface area contributed by atoms with Crippen LogP contribution in [-0.2, 0) is 18.5 Å². The Kier molecular flexibility index (Phi) is 6.57. The first-order valence-corrected chi connectivity index (χ1v) is 8.58. The molecule has 0 atom stereocenters. The van der Waals surface area contributed by atoms with E-state index >= 15 is 0 Å². The molecule has 0 heterocycles. The number of hydrogen-bond acceptors (Lipinski definition) is 5. The van der Waals surface area contributed by atoms with Crippen LogP contribution in [0.4, 0.5) is 4.39 Å². The van der Waals surface area contributed by atoms with Crippen molar-refractivity contribution in [2.24, 2.45) is 0 Å². The monoisotopic (exact) mass is 338 g/mol. The van der Waals surface area contributed by atoms with Crippen LogP contribution in [0, 0.1) is 12.7 Å². The number of rotatable bonds is 7. The lowest BCUT2D eigenvalue weighted by molar-refractivity contribution is 0.0318. The van der Waals surface area contributed by atoms with E-state index in [9.17, 15) is 17.6 Å². The van der Waals surface area contributed by atoms with Crippen LogP contribution in [0.1, 0.15) is 29.3 Å². The Morgan fingerprint density at radius 1 is 1.29 bits per heavy atom. The molecule has 0 unspecified atom stereocenters. The highest BCUT2D eigenvalue weighted by atomic mass is 35.7. The Balaban J connectivity index is 2.84. The highest BCUT2D eigenvalue weighted by molar-refractivity contribution is 8.13. The zero-order valence-corrected chi connectivity index (χ0v) is 13.3. The van der Waals surface area contributed by atoms with Crippen LogP contribution >= 0.6 is 10.7 Å². The largest absolute Gasteiger partial charge is 0.460 e. The summed E-state index contributed by atoms with van der Waals surface area (Å²) in [5.74, 6) is -1.74.